The standard InChI is InChI=1S/C49H35F/c1-49(2)45-26-22-33(28-44(45)42-25-21-30-11-3-6-14-37(30)48(42)49)43-29-34(27-32-12-4-5-13-36(32)43)47-40-17-9-7-15-38(40)46(31-19-23-35(50)24-20-31)39-16-8-10-18-41(39)47/h3-27,29,33H,28H2,1-2H3. The smallest absolute Gasteiger partial charge is 0.123 e. The molecule has 0 radical (unpaired) electrons. The molecule has 50 heavy (non-hydrogen) atoms. The Labute approximate surface area is 291 Å². The quantitative estimate of drug-likeness (QED) is 0.168. The van der Waals surface area contributed by atoms with E-state index in [4.69, 9.17) is 0 Å². The second-order valence-corrected chi connectivity index (χ2v) is 14.5. The van der Waals surface area contributed by atoms with Crippen LogP contribution >= 0.6 is 0 Å². The Balaban J connectivity index is 1.18. The number of hydrogen-bond donors (Lipinski definition) is 0. The van der Waals surface area contributed by atoms with E-state index >= 15 is 0 Å². The van der Waals surface area contributed by atoms with Crippen LogP contribution < -0.4 is 0 Å². The molecule has 8 aromatic carbocycles. The highest BCUT2D eigenvalue weighted by Crippen LogP contribution is 2.55. The number of hydrogen-bond acceptors (Lipinski definition) is 0. The Morgan fingerprint density at radius 1 is 0.540 bits per heavy atom. The highest BCUT2D eigenvalue weighted by atomic mass is 19.1. The lowest BCUT2D eigenvalue weighted by Gasteiger charge is -2.27. The number of allylic oxidation sites excluding steroid dienone is 4. The van der Waals surface area contributed by atoms with Gasteiger partial charge in [0.05, 0.1) is 0 Å². The molecule has 0 nitrogen and oxygen atoms in total. The normalized spacial score (nSPS) is 16.4. The Bertz CT molecular complexity index is 2700. The number of rotatable bonds is 3. The van der Waals surface area contributed by atoms with Crippen LogP contribution in [0.1, 0.15) is 42.9 Å². The lowest BCUT2D eigenvalue weighted by Crippen LogP contribution is -2.17. The van der Waals surface area contributed by atoms with E-state index in [-0.39, 0.29) is 17.2 Å². The lowest BCUT2D eigenvalue weighted by molar-refractivity contribution is 0.628. The summed E-state index contributed by atoms with van der Waals surface area (Å²) in [5.74, 6) is 0.0168. The van der Waals surface area contributed by atoms with E-state index in [1.54, 1.807) is 12.1 Å². The van der Waals surface area contributed by atoms with Gasteiger partial charge in [-0.3, -0.25) is 0 Å². The first-order valence-electron chi connectivity index (χ1n) is 17.6. The zero-order valence-electron chi connectivity index (χ0n) is 28.2. The first-order chi connectivity index (χ1) is 24.5. The van der Waals surface area contributed by atoms with Crippen molar-refractivity contribution in [3.05, 3.63) is 186 Å². The zero-order chi connectivity index (χ0) is 33.6. The van der Waals surface area contributed by atoms with Gasteiger partial charge in [-0.25, -0.2) is 4.39 Å². The fraction of sp³-hybridized carbons (Fsp3) is 0.102. The molecule has 0 bridgehead atoms. The summed E-state index contributed by atoms with van der Waals surface area (Å²) in [6, 6.07) is 51.6. The number of benzene rings is 8. The Morgan fingerprint density at radius 2 is 1.10 bits per heavy atom. The third-order valence-electron chi connectivity index (χ3n) is 11.4. The fourth-order valence-corrected chi connectivity index (χ4v) is 9.25. The highest BCUT2D eigenvalue weighted by Gasteiger charge is 2.40. The Hall–Kier alpha value is -5.79. The topological polar surface area (TPSA) is 0 Å². The monoisotopic (exact) mass is 642 g/mol. The molecule has 0 aromatic heterocycles. The molecule has 0 fully saturated rings. The van der Waals surface area contributed by atoms with Gasteiger partial charge >= 0.3 is 0 Å². The van der Waals surface area contributed by atoms with Crippen LogP contribution in [-0.4, -0.2) is 0 Å². The molecule has 1 unspecified atom stereocenters. The molecule has 1 atom stereocenters. The van der Waals surface area contributed by atoms with Gasteiger partial charge in [0.25, 0.3) is 0 Å². The summed E-state index contributed by atoms with van der Waals surface area (Å²) < 4.78 is 14.1. The molecular formula is C49H35F. The van der Waals surface area contributed by atoms with Crippen LogP contribution in [0.2, 0.25) is 0 Å². The summed E-state index contributed by atoms with van der Waals surface area (Å²) in [6.45, 7) is 4.79. The second-order valence-electron chi connectivity index (χ2n) is 14.5. The second kappa shape index (κ2) is 10.9. The third-order valence-corrected chi connectivity index (χ3v) is 11.4. The van der Waals surface area contributed by atoms with E-state index in [0.29, 0.717) is 0 Å². The van der Waals surface area contributed by atoms with Crippen molar-refractivity contribution in [2.24, 2.45) is 0 Å². The molecule has 0 heterocycles. The third kappa shape index (κ3) is 4.23. The summed E-state index contributed by atoms with van der Waals surface area (Å²) in [5, 5.41) is 9.99. The summed E-state index contributed by atoms with van der Waals surface area (Å²) in [7, 11) is 0. The molecule has 2 aliphatic rings. The minimum Gasteiger partial charge on any atom is -0.207 e. The van der Waals surface area contributed by atoms with E-state index < -0.39 is 0 Å². The predicted octanol–water partition coefficient (Wildman–Crippen LogP) is 13.6. The van der Waals surface area contributed by atoms with Crippen LogP contribution in [0, 0.1) is 5.82 Å². The van der Waals surface area contributed by atoms with Gasteiger partial charge in [0.15, 0.2) is 0 Å². The average molecular weight is 643 g/mol. The van der Waals surface area contributed by atoms with E-state index in [1.165, 1.54) is 82.1 Å². The largest absolute Gasteiger partial charge is 0.207 e. The van der Waals surface area contributed by atoms with Crippen LogP contribution in [0.15, 0.2) is 163 Å². The molecule has 8 aromatic rings. The number of fused-ring (bicyclic) bond motifs is 7. The average Bonchev–Trinajstić information content (AvgIpc) is 3.39. The highest BCUT2D eigenvalue weighted by molar-refractivity contribution is 6.21. The van der Waals surface area contributed by atoms with Crippen LogP contribution in [0.3, 0.4) is 0 Å². The van der Waals surface area contributed by atoms with E-state index in [9.17, 15) is 4.39 Å². The van der Waals surface area contributed by atoms with Crippen molar-refractivity contribution < 1.29 is 4.39 Å². The van der Waals surface area contributed by atoms with Crippen molar-refractivity contribution in [2.45, 2.75) is 31.6 Å². The van der Waals surface area contributed by atoms with Gasteiger partial charge < -0.3 is 0 Å². The molecular weight excluding hydrogens is 608 g/mol. The first-order valence-corrected chi connectivity index (χ1v) is 17.6. The zero-order valence-corrected chi connectivity index (χ0v) is 28.2. The maximum absolute atomic E-state index is 14.1. The van der Waals surface area contributed by atoms with Crippen molar-refractivity contribution in [2.75, 3.05) is 0 Å². The maximum Gasteiger partial charge on any atom is 0.123 e. The van der Waals surface area contributed by atoms with Crippen LogP contribution in [0.4, 0.5) is 4.39 Å². The van der Waals surface area contributed by atoms with Gasteiger partial charge in [0, 0.05) is 11.3 Å². The molecule has 10 rings (SSSR count). The summed E-state index contributed by atoms with van der Waals surface area (Å²) >= 11 is 0. The minimum absolute atomic E-state index is 0.0545. The molecule has 1 heteroatoms. The molecule has 0 saturated heterocycles. The van der Waals surface area contributed by atoms with Crippen LogP contribution in [-0.2, 0) is 5.41 Å². The van der Waals surface area contributed by atoms with E-state index in [0.717, 1.165) is 17.5 Å². The van der Waals surface area contributed by atoms with Crippen LogP contribution in [0.5, 0.6) is 0 Å². The van der Waals surface area contributed by atoms with Crippen molar-refractivity contribution in [1.29, 1.82) is 0 Å². The molecule has 238 valence electrons. The lowest BCUT2D eigenvalue weighted by atomic mass is 9.76. The summed E-state index contributed by atoms with van der Waals surface area (Å²) in [6.07, 6.45) is 5.87. The van der Waals surface area contributed by atoms with Crippen molar-refractivity contribution >= 4 is 48.7 Å². The molecule has 0 aliphatic heterocycles. The number of halogens is 1. The maximum atomic E-state index is 14.1. The van der Waals surface area contributed by atoms with Crippen LogP contribution in [0.25, 0.3) is 70.9 Å². The van der Waals surface area contributed by atoms with Gasteiger partial charge in [-0.1, -0.05) is 147 Å². The molecule has 0 saturated carbocycles. The molecule has 0 N–H and O–H groups in total. The van der Waals surface area contributed by atoms with Gasteiger partial charge in [-0.05, 0) is 124 Å². The predicted molar refractivity (Wildman–Crippen MR) is 210 cm³/mol. The van der Waals surface area contributed by atoms with Gasteiger partial charge in [0.2, 0.25) is 0 Å². The van der Waals surface area contributed by atoms with Gasteiger partial charge in [0.1, 0.15) is 5.82 Å². The van der Waals surface area contributed by atoms with Crippen molar-refractivity contribution in [3.63, 3.8) is 0 Å². The minimum atomic E-state index is -0.222. The molecule has 0 amide bonds. The molecule has 0 spiro atoms. The Kier molecular flexibility index (Phi) is 6.33. The Morgan fingerprint density at radius 3 is 1.76 bits per heavy atom. The SMILES string of the molecule is CC1(C)C2=C(CC(c3cc(-c4c5ccccc5c(-c5ccc(F)cc5)c5ccccc45)cc4ccccc34)C=C2)c2ccc3ccccc3c21. The first kappa shape index (κ1) is 29.2. The molecule has 2 aliphatic carbocycles. The summed E-state index contributed by atoms with van der Waals surface area (Å²) in [5.41, 5.74) is 11.8. The fourth-order valence-electron chi connectivity index (χ4n) is 9.25. The van der Waals surface area contributed by atoms with Gasteiger partial charge in [-0.15, -0.1) is 0 Å². The van der Waals surface area contributed by atoms with E-state index in [2.05, 4.69) is 147 Å². The van der Waals surface area contributed by atoms with Gasteiger partial charge in [-0.2, -0.15) is 0 Å². The summed E-state index contributed by atoms with van der Waals surface area (Å²) in [4.78, 5) is 0. The van der Waals surface area contributed by atoms with E-state index in [1.807, 2.05) is 12.1 Å². The van der Waals surface area contributed by atoms with Crippen molar-refractivity contribution in [3.8, 4) is 22.3 Å². The van der Waals surface area contributed by atoms with Crippen molar-refractivity contribution in [1.82, 2.24) is 0 Å².